The zero-order valence-corrected chi connectivity index (χ0v) is 9.88. The lowest BCUT2D eigenvalue weighted by Gasteiger charge is -2.12. The third kappa shape index (κ3) is 3.35. The molecule has 0 bridgehead atoms. The highest BCUT2D eigenvalue weighted by molar-refractivity contribution is 5.17. The van der Waals surface area contributed by atoms with Gasteiger partial charge in [0.15, 0.2) is 0 Å². The van der Waals surface area contributed by atoms with E-state index in [1.54, 1.807) is 42.7 Å². The first-order chi connectivity index (χ1) is 8.77. The summed E-state index contributed by atoms with van der Waals surface area (Å²) in [6.07, 6.45) is 2.66. The van der Waals surface area contributed by atoms with Gasteiger partial charge >= 0.3 is 0 Å². The third-order valence-electron chi connectivity index (χ3n) is 2.70. The zero-order chi connectivity index (χ0) is 12.8. The number of aromatic nitrogens is 1. The molecule has 4 heteroatoms. The van der Waals surface area contributed by atoms with Gasteiger partial charge in [-0.2, -0.15) is 0 Å². The number of aliphatic hydroxyl groups is 1. The SMILES string of the molecule is OC(CNCc1ccccc1F)c1ccncc1. The van der Waals surface area contributed by atoms with Gasteiger partial charge in [0, 0.05) is 31.0 Å². The van der Waals surface area contributed by atoms with E-state index in [0.717, 1.165) is 5.56 Å². The van der Waals surface area contributed by atoms with Gasteiger partial charge in [0.25, 0.3) is 0 Å². The van der Waals surface area contributed by atoms with Crippen molar-refractivity contribution >= 4 is 0 Å². The molecule has 0 spiro atoms. The molecule has 0 fully saturated rings. The van der Waals surface area contributed by atoms with Crippen LogP contribution < -0.4 is 5.32 Å². The second-order valence-corrected chi connectivity index (χ2v) is 4.02. The number of nitrogens with zero attached hydrogens (tertiary/aromatic N) is 1. The lowest BCUT2D eigenvalue weighted by atomic mass is 10.1. The van der Waals surface area contributed by atoms with Gasteiger partial charge in [0.05, 0.1) is 6.10 Å². The predicted molar refractivity (Wildman–Crippen MR) is 67.3 cm³/mol. The molecule has 3 nitrogen and oxygen atoms in total. The van der Waals surface area contributed by atoms with Crippen LogP contribution in [0.3, 0.4) is 0 Å². The Labute approximate surface area is 105 Å². The number of nitrogens with one attached hydrogen (secondary N) is 1. The summed E-state index contributed by atoms with van der Waals surface area (Å²) in [5, 5.41) is 12.9. The van der Waals surface area contributed by atoms with Crippen molar-refractivity contribution in [2.75, 3.05) is 6.54 Å². The van der Waals surface area contributed by atoms with Crippen molar-refractivity contribution in [2.24, 2.45) is 0 Å². The molecule has 18 heavy (non-hydrogen) atoms. The van der Waals surface area contributed by atoms with Crippen molar-refractivity contribution in [3.63, 3.8) is 0 Å². The molecule has 1 heterocycles. The molecule has 2 aromatic rings. The van der Waals surface area contributed by atoms with Crippen LogP contribution in [0, 0.1) is 5.82 Å². The average Bonchev–Trinajstić information content (AvgIpc) is 2.42. The zero-order valence-electron chi connectivity index (χ0n) is 9.88. The van der Waals surface area contributed by atoms with E-state index in [1.165, 1.54) is 6.07 Å². The van der Waals surface area contributed by atoms with Crippen LogP contribution >= 0.6 is 0 Å². The number of pyridine rings is 1. The summed E-state index contributed by atoms with van der Waals surface area (Å²) in [7, 11) is 0. The number of halogens is 1. The van der Waals surface area contributed by atoms with E-state index in [0.29, 0.717) is 18.7 Å². The minimum Gasteiger partial charge on any atom is -0.387 e. The summed E-state index contributed by atoms with van der Waals surface area (Å²) in [4.78, 5) is 3.89. The summed E-state index contributed by atoms with van der Waals surface area (Å²) in [6, 6.07) is 10.1. The predicted octanol–water partition coefficient (Wildman–Crippen LogP) is 2.04. The highest BCUT2D eigenvalue weighted by Gasteiger charge is 2.07. The quantitative estimate of drug-likeness (QED) is 0.848. The molecule has 0 radical (unpaired) electrons. The molecule has 2 N–H and O–H groups in total. The van der Waals surface area contributed by atoms with E-state index in [4.69, 9.17) is 0 Å². The normalized spacial score (nSPS) is 12.3. The Kier molecular flexibility index (Phi) is 4.39. The summed E-state index contributed by atoms with van der Waals surface area (Å²) >= 11 is 0. The smallest absolute Gasteiger partial charge is 0.127 e. The van der Waals surface area contributed by atoms with Gasteiger partial charge in [-0.25, -0.2) is 4.39 Å². The standard InChI is InChI=1S/C14H15FN2O/c15-13-4-2-1-3-12(13)9-17-10-14(18)11-5-7-16-8-6-11/h1-8,14,17-18H,9-10H2. The fourth-order valence-corrected chi connectivity index (χ4v) is 1.69. The van der Waals surface area contributed by atoms with Crippen LogP contribution in [-0.4, -0.2) is 16.6 Å². The highest BCUT2D eigenvalue weighted by atomic mass is 19.1. The van der Waals surface area contributed by atoms with Crippen molar-refractivity contribution in [1.82, 2.24) is 10.3 Å². The first-order valence-electron chi connectivity index (χ1n) is 5.79. The number of benzene rings is 1. The Balaban J connectivity index is 1.84. The van der Waals surface area contributed by atoms with E-state index in [-0.39, 0.29) is 5.82 Å². The van der Waals surface area contributed by atoms with Gasteiger partial charge in [-0.3, -0.25) is 4.98 Å². The van der Waals surface area contributed by atoms with Crippen molar-refractivity contribution in [1.29, 1.82) is 0 Å². The lowest BCUT2D eigenvalue weighted by Crippen LogP contribution is -2.21. The maximum absolute atomic E-state index is 13.3. The molecule has 1 atom stereocenters. The summed E-state index contributed by atoms with van der Waals surface area (Å²) in [6.45, 7) is 0.771. The van der Waals surface area contributed by atoms with Gasteiger partial charge in [-0.05, 0) is 23.8 Å². The molecule has 0 saturated carbocycles. The highest BCUT2D eigenvalue weighted by Crippen LogP contribution is 2.10. The summed E-state index contributed by atoms with van der Waals surface area (Å²) < 4.78 is 13.3. The monoisotopic (exact) mass is 246 g/mol. The topological polar surface area (TPSA) is 45.1 Å². The second-order valence-electron chi connectivity index (χ2n) is 4.02. The number of hydrogen-bond acceptors (Lipinski definition) is 3. The fourth-order valence-electron chi connectivity index (χ4n) is 1.69. The Morgan fingerprint density at radius 1 is 1.17 bits per heavy atom. The Bertz CT molecular complexity index is 490. The molecule has 1 unspecified atom stereocenters. The van der Waals surface area contributed by atoms with E-state index in [2.05, 4.69) is 10.3 Å². The Hall–Kier alpha value is -1.78. The first-order valence-corrected chi connectivity index (χ1v) is 5.79. The van der Waals surface area contributed by atoms with E-state index in [9.17, 15) is 9.50 Å². The molecular weight excluding hydrogens is 231 g/mol. The van der Waals surface area contributed by atoms with Crippen LogP contribution in [0.2, 0.25) is 0 Å². The molecule has 2 rings (SSSR count). The summed E-state index contributed by atoms with van der Waals surface area (Å²) in [5.74, 6) is -0.233. The van der Waals surface area contributed by atoms with Gasteiger partial charge in [-0.15, -0.1) is 0 Å². The molecule has 0 aliphatic carbocycles. The molecule has 0 amide bonds. The molecule has 1 aromatic carbocycles. The Morgan fingerprint density at radius 3 is 2.61 bits per heavy atom. The third-order valence-corrected chi connectivity index (χ3v) is 2.70. The number of aliphatic hydroxyl groups excluding tert-OH is 1. The van der Waals surface area contributed by atoms with Gasteiger partial charge in [0.2, 0.25) is 0 Å². The van der Waals surface area contributed by atoms with Crippen LogP contribution in [0.15, 0.2) is 48.8 Å². The van der Waals surface area contributed by atoms with Crippen molar-refractivity contribution in [3.8, 4) is 0 Å². The van der Waals surface area contributed by atoms with E-state index in [1.807, 2.05) is 0 Å². The molecular formula is C14H15FN2O. The minimum atomic E-state index is -0.611. The van der Waals surface area contributed by atoms with Gasteiger partial charge in [0.1, 0.15) is 5.82 Å². The molecule has 0 saturated heterocycles. The van der Waals surface area contributed by atoms with Gasteiger partial charge in [-0.1, -0.05) is 18.2 Å². The molecule has 94 valence electrons. The lowest BCUT2D eigenvalue weighted by molar-refractivity contribution is 0.174. The maximum atomic E-state index is 13.3. The van der Waals surface area contributed by atoms with E-state index >= 15 is 0 Å². The minimum absolute atomic E-state index is 0.233. The van der Waals surface area contributed by atoms with Crippen LogP contribution in [0.4, 0.5) is 4.39 Å². The number of hydrogen-bond donors (Lipinski definition) is 2. The van der Waals surface area contributed by atoms with Crippen molar-refractivity contribution in [2.45, 2.75) is 12.6 Å². The van der Waals surface area contributed by atoms with Crippen LogP contribution in [0.1, 0.15) is 17.2 Å². The van der Waals surface area contributed by atoms with Crippen molar-refractivity contribution in [3.05, 3.63) is 65.7 Å². The van der Waals surface area contributed by atoms with Crippen molar-refractivity contribution < 1.29 is 9.50 Å². The molecule has 1 aromatic heterocycles. The van der Waals surface area contributed by atoms with Gasteiger partial charge < -0.3 is 10.4 Å². The van der Waals surface area contributed by atoms with Crippen LogP contribution in [-0.2, 0) is 6.54 Å². The molecule has 0 aliphatic rings. The van der Waals surface area contributed by atoms with E-state index < -0.39 is 6.10 Å². The second kappa shape index (κ2) is 6.23. The summed E-state index contributed by atoms with van der Waals surface area (Å²) in [5.41, 5.74) is 1.39. The first kappa shape index (κ1) is 12.7. The van der Waals surface area contributed by atoms with Crippen LogP contribution in [0.5, 0.6) is 0 Å². The fraction of sp³-hybridized carbons (Fsp3) is 0.214. The molecule has 0 aliphatic heterocycles. The largest absolute Gasteiger partial charge is 0.387 e. The number of rotatable bonds is 5. The average molecular weight is 246 g/mol. The Morgan fingerprint density at radius 2 is 1.89 bits per heavy atom. The maximum Gasteiger partial charge on any atom is 0.127 e. The van der Waals surface area contributed by atoms with Crippen LogP contribution in [0.25, 0.3) is 0 Å².